The molecular formula is C32H28N2O7S2. The smallest absolute Gasteiger partial charge is 0.356 e. The van der Waals surface area contributed by atoms with E-state index >= 15 is 0 Å². The highest BCUT2D eigenvalue weighted by Crippen LogP contribution is 2.44. The predicted octanol–water partition coefficient (Wildman–Crippen LogP) is 4.43. The monoisotopic (exact) mass is 616 g/mol. The molecule has 0 aromatic heterocycles. The molecule has 3 aromatic carbocycles. The van der Waals surface area contributed by atoms with Crippen molar-refractivity contribution in [1.29, 1.82) is 0 Å². The van der Waals surface area contributed by atoms with Gasteiger partial charge in [-0.3, -0.25) is 14.5 Å². The van der Waals surface area contributed by atoms with Gasteiger partial charge in [-0.15, -0.1) is 11.8 Å². The molecule has 1 N–H and O–H groups in total. The first-order chi connectivity index (χ1) is 21.0. The van der Waals surface area contributed by atoms with E-state index in [0.717, 1.165) is 22.9 Å². The zero-order valence-electron chi connectivity index (χ0n) is 23.1. The van der Waals surface area contributed by atoms with Gasteiger partial charge in [0.25, 0.3) is 11.8 Å². The molecule has 1 saturated heterocycles. The minimum atomic E-state index is -0.837. The fourth-order valence-electron chi connectivity index (χ4n) is 4.54. The van der Waals surface area contributed by atoms with Crippen molar-refractivity contribution < 1.29 is 33.4 Å². The molecule has 0 saturated carbocycles. The average molecular weight is 617 g/mol. The van der Waals surface area contributed by atoms with Gasteiger partial charge in [-0.1, -0.05) is 90.6 Å². The number of benzene rings is 3. The minimum Gasteiger partial charge on any atom is -0.484 e. The molecule has 2 atom stereocenters. The van der Waals surface area contributed by atoms with Crippen molar-refractivity contribution >= 4 is 47.3 Å². The molecule has 0 radical (unpaired) electrons. The number of carbonyl (C=O) groups excluding carboxylic acids is 4. The van der Waals surface area contributed by atoms with Crippen molar-refractivity contribution in [2.75, 3.05) is 19.5 Å². The maximum Gasteiger partial charge on any atom is 0.356 e. The zero-order valence-corrected chi connectivity index (χ0v) is 24.7. The number of hydrogen-bond donors (Lipinski definition) is 1. The molecule has 2 aliphatic rings. The Morgan fingerprint density at radius 1 is 0.977 bits per heavy atom. The highest BCUT2D eigenvalue weighted by atomic mass is 32.2. The van der Waals surface area contributed by atoms with Crippen LogP contribution >= 0.6 is 23.5 Å². The van der Waals surface area contributed by atoms with Crippen LogP contribution in [0.5, 0.6) is 5.75 Å². The van der Waals surface area contributed by atoms with Crippen LogP contribution in [-0.2, 0) is 28.7 Å². The molecule has 220 valence electrons. The number of para-hydroxylation sites is 1. The summed E-state index contributed by atoms with van der Waals surface area (Å²) in [5.41, 5.74) is 1.61. The number of thioether (sulfide) groups is 2. The van der Waals surface area contributed by atoms with E-state index in [-0.39, 0.29) is 12.3 Å². The van der Waals surface area contributed by atoms with Crippen LogP contribution in [0.2, 0.25) is 0 Å². The molecule has 3 aromatic rings. The first kappa shape index (κ1) is 30.0. The van der Waals surface area contributed by atoms with Crippen LogP contribution in [0.25, 0.3) is 0 Å². The summed E-state index contributed by atoms with van der Waals surface area (Å²) in [5.74, 6) is -1.25. The molecule has 2 aliphatic heterocycles. The van der Waals surface area contributed by atoms with Crippen LogP contribution in [0.4, 0.5) is 0 Å². The first-order valence-electron chi connectivity index (χ1n) is 13.3. The second-order valence-corrected chi connectivity index (χ2v) is 11.5. The summed E-state index contributed by atoms with van der Waals surface area (Å²) < 4.78 is 16.3. The lowest BCUT2D eigenvalue weighted by atomic mass is 10.0. The van der Waals surface area contributed by atoms with E-state index in [4.69, 9.17) is 9.47 Å². The zero-order chi connectivity index (χ0) is 30.2. The van der Waals surface area contributed by atoms with E-state index in [2.05, 4.69) is 10.1 Å². The number of rotatable bonds is 11. The van der Waals surface area contributed by atoms with Gasteiger partial charge in [-0.25, -0.2) is 9.59 Å². The fraction of sp³-hybridized carbons (Fsp3) is 0.188. The van der Waals surface area contributed by atoms with E-state index in [1.165, 1.54) is 35.3 Å². The Kier molecular flexibility index (Phi) is 9.85. The van der Waals surface area contributed by atoms with Crippen molar-refractivity contribution in [1.82, 2.24) is 10.2 Å². The summed E-state index contributed by atoms with van der Waals surface area (Å²) in [6, 6.07) is 26.7. The van der Waals surface area contributed by atoms with Crippen molar-refractivity contribution in [3.05, 3.63) is 124 Å². The molecule has 43 heavy (non-hydrogen) atoms. The SMILES string of the molecule is COC(=O)/C=C\SC1=C(C(=O)OC(c2ccccc2)c2ccccc2)N2C(=O)[C@@H](NC(=O)COc3ccccc3)[C@H]2SC1. The Labute approximate surface area is 257 Å². The van der Waals surface area contributed by atoms with E-state index in [0.29, 0.717) is 16.4 Å². The van der Waals surface area contributed by atoms with Gasteiger partial charge < -0.3 is 19.5 Å². The molecule has 11 heteroatoms. The van der Waals surface area contributed by atoms with Gasteiger partial charge in [-0.2, -0.15) is 0 Å². The van der Waals surface area contributed by atoms with E-state index < -0.39 is 41.3 Å². The number of nitrogens with one attached hydrogen (secondary N) is 1. The first-order valence-corrected chi connectivity index (χ1v) is 15.3. The Morgan fingerprint density at radius 3 is 2.19 bits per heavy atom. The van der Waals surface area contributed by atoms with Crippen LogP contribution in [0.3, 0.4) is 0 Å². The van der Waals surface area contributed by atoms with Gasteiger partial charge in [0, 0.05) is 16.7 Å². The summed E-state index contributed by atoms with van der Waals surface area (Å²) in [6.45, 7) is -0.259. The largest absolute Gasteiger partial charge is 0.484 e. The Balaban J connectivity index is 1.37. The van der Waals surface area contributed by atoms with Crippen LogP contribution < -0.4 is 10.1 Å². The number of esters is 2. The van der Waals surface area contributed by atoms with E-state index in [9.17, 15) is 19.2 Å². The lowest BCUT2D eigenvalue weighted by Crippen LogP contribution is -2.70. The van der Waals surface area contributed by atoms with Gasteiger partial charge in [0.05, 0.1) is 7.11 Å². The number of carbonyl (C=O) groups is 4. The number of methoxy groups -OCH3 is 1. The molecule has 0 bridgehead atoms. The fourth-order valence-corrected chi connectivity index (χ4v) is 6.85. The lowest BCUT2D eigenvalue weighted by molar-refractivity contribution is -0.154. The summed E-state index contributed by atoms with van der Waals surface area (Å²) >= 11 is 2.53. The highest BCUT2D eigenvalue weighted by Gasteiger charge is 2.54. The number of fused-ring (bicyclic) bond motifs is 1. The second kappa shape index (κ2) is 14.1. The van der Waals surface area contributed by atoms with Crippen LogP contribution in [0.1, 0.15) is 17.2 Å². The Bertz CT molecular complexity index is 1490. The maximum absolute atomic E-state index is 13.9. The maximum atomic E-state index is 13.9. The molecule has 0 aliphatic carbocycles. The molecule has 9 nitrogen and oxygen atoms in total. The van der Waals surface area contributed by atoms with E-state index in [1.807, 2.05) is 66.7 Å². The normalized spacial score (nSPS) is 17.7. The number of amides is 2. The Hall–Kier alpha value is -4.48. The quantitative estimate of drug-likeness (QED) is 0.190. The summed E-state index contributed by atoms with van der Waals surface area (Å²) in [5, 5.41) is 3.72. The van der Waals surface area contributed by atoms with Crippen molar-refractivity contribution in [2.45, 2.75) is 17.5 Å². The van der Waals surface area contributed by atoms with Gasteiger partial charge in [-0.05, 0) is 28.7 Å². The van der Waals surface area contributed by atoms with Crippen molar-refractivity contribution in [2.24, 2.45) is 0 Å². The summed E-state index contributed by atoms with van der Waals surface area (Å²) in [6.07, 6.45) is 0.510. The highest BCUT2D eigenvalue weighted by molar-refractivity contribution is 8.08. The Morgan fingerprint density at radius 2 is 1.58 bits per heavy atom. The van der Waals surface area contributed by atoms with Crippen LogP contribution in [0.15, 0.2) is 113 Å². The third kappa shape index (κ3) is 7.12. The second-order valence-electron chi connectivity index (χ2n) is 9.38. The number of hydrogen-bond acceptors (Lipinski definition) is 9. The predicted molar refractivity (Wildman–Crippen MR) is 164 cm³/mol. The standard InChI is InChI=1S/C32H28N2O7S2/c1-39-26(36)17-18-42-24-20-43-31-27(33-25(35)19-40-23-15-9-4-10-16-23)30(37)34(31)28(24)32(38)41-29(21-11-5-2-6-12-21)22-13-7-3-8-14-22/h2-18,27,29,31H,19-20H2,1H3,(H,33,35)/b18-17-/t27-,31-/m1/s1. The third-order valence-electron chi connectivity index (χ3n) is 6.60. The molecule has 5 rings (SSSR count). The molecule has 0 unspecified atom stereocenters. The van der Waals surface area contributed by atoms with Gasteiger partial charge in [0.2, 0.25) is 0 Å². The number of ether oxygens (including phenoxy) is 3. The number of β-lactam (4-membered cyclic amide) rings is 1. The average Bonchev–Trinajstić information content (AvgIpc) is 3.05. The lowest BCUT2D eigenvalue weighted by Gasteiger charge is -2.49. The summed E-state index contributed by atoms with van der Waals surface area (Å²) in [7, 11) is 1.27. The van der Waals surface area contributed by atoms with E-state index in [1.54, 1.807) is 24.3 Å². The van der Waals surface area contributed by atoms with Crippen LogP contribution in [0, 0.1) is 0 Å². The van der Waals surface area contributed by atoms with Crippen molar-refractivity contribution in [3.63, 3.8) is 0 Å². The topological polar surface area (TPSA) is 111 Å². The molecular weight excluding hydrogens is 588 g/mol. The van der Waals surface area contributed by atoms with Crippen molar-refractivity contribution in [3.8, 4) is 5.75 Å². The number of nitrogens with zero attached hydrogens (tertiary/aromatic N) is 1. The molecule has 2 heterocycles. The van der Waals surface area contributed by atoms with Gasteiger partial charge >= 0.3 is 11.9 Å². The van der Waals surface area contributed by atoms with Gasteiger partial charge in [0.1, 0.15) is 22.9 Å². The molecule has 1 fully saturated rings. The van der Waals surface area contributed by atoms with Gasteiger partial charge in [0.15, 0.2) is 12.7 Å². The summed E-state index contributed by atoms with van der Waals surface area (Å²) in [4.78, 5) is 53.5. The third-order valence-corrected chi connectivity index (χ3v) is 8.96. The molecule has 2 amide bonds. The van der Waals surface area contributed by atoms with Crippen LogP contribution in [-0.4, -0.2) is 59.5 Å². The minimum absolute atomic E-state index is 0.0798. The molecule has 0 spiro atoms.